The Bertz CT molecular complexity index is 379. The highest BCUT2D eigenvalue weighted by Crippen LogP contribution is 2.27. The Morgan fingerprint density at radius 1 is 0.933 bits per heavy atom. The number of nitrogen functional groups attached to an aromatic ring is 2. The molecule has 1 aromatic carbocycles. The first kappa shape index (κ1) is 13.6. The van der Waals surface area contributed by atoms with Crippen molar-refractivity contribution >= 4 is 36.2 Å². The highest BCUT2D eigenvalue weighted by molar-refractivity contribution is 5.85. The van der Waals surface area contributed by atoms with Crippen molar-refractivity contribution in [2.75, 3.05) is 11.5 Å². The summed E-state index contributed by atoms with van der Waals surface area (Å²) >= 11 is 0. The predicted octanol–water partition coefficient (Wildman–Crippen LogP) is 2.53. The standard InChI is InChI=1S/C7H8N6.2ClH/c8-5-2-1-4(3-6(5)9)7-10-12-13-11-7;;/h1-3,7H,8-9H2;2*1H. The van der Waals surface area contributed by atoms with Gasteiger partial charge in [-0.1, -0.05) is 6.07 Å². The van der Waals surface area contributed by atoms with Gasteiger partial charge >= 0.3 is 0 Å². The lowest BCUT2D eigenvalue weighted by Crippen LogP contribution is -1.97. The monoisotopic (exact) mass is 248 g/mol. The Hall–Kier alpha value is -1.40. The zero-order chi connectivity index (χ0) is 9.26. The number of rotatable bonds is 1. The van der Waals surface area contributed by atoms with E-state index in [0.717, 1.165) is 5.56 Å². The minimum absolute atomic E-state index is 0. The van der Waals surface area contributed by atoms with Crippen LogP contribution in [-0.2, 0) is 0 Å². The summed E-state index contributed by atoms with van der Waals surface area (Å²) in [6.45, 7) is 0. The van der Waals surface area contributed by atoms with Gasteiger partial charge in [-0.3, -0.25) is 0 Å². The maximum absolute atomic E-state index is 5.62. The average Bonchev–Trinajstić information content (AvgIpc) is 2.62. The van der Waals surface area contributed by atoms with Crippen LogP contribution in [0.15, 0.2) is 38.9 Å². The van der Waals surface area contributed by atoms with Crippen LogP contribution < -0.4 is 11.5 Å². The molecular formula is C7H10Cl2N6. The highest BCUT2D eigenvalue weighted by atomic mass is 35.5. The molecule has 0 bridgehead atoms. The number of nitrogens with zero attached hydrogens (tertiary/aromatic N) is 4. The lowest BCUT2D eigenvalue weighted by atomic mass is 10.1. The van der Waals surface area contributed by atoms with Crippen LogP contribution in [0.1, 0.15) is 11.7 Å². The molecule has 0 saturated carbocycles. The van der Waals surface area contributed by atoms with Gasteiger partial charge in [0.1, 0.15) is 0 Å². The predicted molar refractivity (Wildman–Crippen MR) is 62.2 cm³/mol. The molecule has 1 aromatic rings. The molecule has 1 aliphatic rings. The van der Waals surface area contributed by atoms with E-state index in [0.29, 0.717) is 11.4 Å². The SMILES string of the molecule is Cl.Cl.Nc1ccc(C2N=NN=N2)cc1N. The molecule has 1 aliphatic heterocycles. The number of hydrogen-bond acceptors (Lipinski definition) is 6. The van der Waals surface area contributed by atoms with Crippen molar-refractivity contribution in [2.24, 2.45) is 20.7 Å². The Kier molecular flexibility index (Phi) is 4.96. The second-order valence-electron chi connectivity index (χ2n) is 2.67. The Labute approximate surface area is 98.6 Å². The van der Waals surface area contributed by atoms with Crippen LogP contribution in [-0.4, -0.2) is 0 Å². The van der Waals surface area contributed by atoms with Gasteiger partial charge in [0, 0.05) is 5.56 Å². The summed E-state index contributed by atoms with van der Waals surface area (Å²) in [5.41, 5.74) is 13.1. The Morgan fingerprint density at radius 3 is 2.07 bits per heavy atom. The van der Waals surface area contributed by atoms with Gasteiger partial charge in [0.05, 0.1) is 11.4 Å². The number of nitrogens with two attached hydrogens (primary N) is 2. The first-order chi connectivity index (χ1) is 6.27. The van der Waals surface area contributed by atoms with Crippen LogP contribution in [0.3, 0.4) is 0 Å². The third kappa shape index (κ3) is 2.77. The fraction of sp³-hybridized carbons (Fsp3) is 0.143. The zero-order valence-corrected chi connectivity index (χ0v) is 9.20. The molecule has 6 nitrogen and oxygen atoms in total. The summed E-state index contributed by atoms with van der Waals surface area (Å²) in [6, 6.07) is 5.25. The molecule has 82 valence electrons. The maximum Gasteiger partial charge on any atom is 0.210 e. The molecule has 0 aromatic heterocycles. The van der Waals surface area contributed by atoms with Gasteiger partial charge in [-0.15, -0.1) is 35.0 Å². The highest BCUT2D eigenvalue weighted by Gasteiger charge is 2.12. The normalized spacial score (nSPS) is 13.3. The molecule has 15 heavy (non-hydrogen) atoms. The van der Waals surface area contributed by atoms with Gasteiger partial charge in [-0.2, -0.15) is 0 Å². The van der Waals surface area contributed by atoms with Crippen LogP contribution in [0.2, 0.25) is 0 Å². The third-order valence-electron chi connectivity index (χ3n) is 1.77. The molecule has 0 saturated heterocycles. The Morgan fingerprint density at radius 2 is 1.53 bits per heavy atom. The van der Waals surface area contributed by atoms with Gasteiger partial charge in [0.2, 0.25) is 6.17 Å². The van der Waals surface area contributed by atoms with E-state index in [1.165, 1.54) is 0 Å². The Balaban J connectivity index is 0.000000980. The lowest BCUT2D eigenvalue weighted by molar-refractivity contribution is 0.765. The van der Waals surface area contributed by atoms with E-state index in [-0.39, 0.29) is 31.0 Å². The van der Waals surface area contributed by atoms with Crippen LogP contribution in [0.4, 0.5) is 11.4 Å². The molecule has 1 heterocycles. The number of hydrogen-bond donors (Lipinski definition) is 2. The van der Waals surface area contributed by atoms with E-state index in [4.69, 9.17) is 11.5 Å². The van der Waals surface area contributed by atoms with Crippen molar-refractivity contribution in [1.29, 1.82) is 0 Å². The molecule has 2 rings (SSSR count). The molecule has 0 spiro atoms. The number of anilines is 2. The summed E-state index contributed by atoms with van der Waals surface area (Å²) in [5.74, 6) is 0. The summed E-state index contributed by atoms with van der Waals surface area (Å²) in [5, 5.41) is 14.4. The molecule has 0 atom stereocenters. The molecule has 0 radical (unpaired) electrons. The summed E-state index contributed by atoms with van der Waals surface area (Å²) in [4.78, 5) is 0. The summed E-state index contributed by atoms with van der Waals surface area (Å²) in [6.07, 6.45) is -0.358. The quantitative estimate of drug-likeness (QED) is 0.747. The number of benzene rings is 1. The fourth-order valence-corrected chi connectivity index (χ4v) is 1.05. The first-order valence-corrected chi connectivity index (χ1v) is 3.72. The minimum atomic E-state index is -0.358. The van der Waals surface area contributed by atoms with E-state index in [2.05, 4.69) is 20.7 Å². The van der Waals surface area contributed by atoms with E-state index in [1.807, 2.05) is 0 Å². The second kappa shape index (κ2) is 5.47. The molecule has 0 unspecified atom stereocenters. The van der Waals surface area contributed by atoms with Crippen molar-refractivity contribution in [2.45, 2.75) is 6.17 Å². The van der Waals surface area contributed by atoms with Crippen LogP contribution in [0.25, 0.3) is 0 Å². The van der Waals surface area contributed by atoms with Gasteiger partial charge in [-0.25, -0.2) is 0 Å². The van der Waals surface area contributed by atoms with Crippen molar-refractivity contribution in [3.05, 3.63) is 23.8 Å². The van der Waals surface area contributed by atoms with E-state index >= 15 is 0 Å². The van der Waals surface area contributed by atoms with Crippen molar-refractivity contribution < 1.29 is 0 Å². The fourth-order valence-electron chi connectivity index (χ4n) is 1.05. The van der Waals surface area contributed by atoms with E-state index < -0.39 is 0 Å². The molecule has 0 amide bonds. The van der Waals surface area contributed by atoms with Crippen molar-refractivity contribution in [3.63, 3.8) is 0 Å². The van der Waals surface area contributed by atoms with Crippen molar-refractivity contribution in [3.8, 4) is 0 Å². The molecule has 8 heteroatoms. The molecule has 4 N–H and O–H groups in total. The molecular weight excluding hydrogens is 239 g/mol. The number of halogens is 2. The third-order valence-corrected chi connectivity index (χ3v) is 1.77. The smallest absolute Gasteiger partial charge is 0.210 e. The van der Waals surface area contributed by atoms with Gasteiger partial charge in [-0.05, 0) is 22.6 Å². The van der Waals surface area contributed by atoms with Gasteiger partial charge in [0.15, 0.2) is 0 Å². The van der Waals surface area contributed by atoms with Crippen LogP contribution in [0, 0.1) is 0 Å². The second-order valence-corrected chi connectivity index (χ2v) is 2.67. The van der Waals surface area contributed by atoms with Crippen LogP contribution in [0.5, 0.6) is 0 Å². The van der Waals surface area contributed by atoms with Crippen LogP contribution >= 0.6 is 24.8 Å². The van der Waals surface area contributed by atoms with Crippen molar-refractivity contribution in [1.82, 2.24) is 0 Å². The molecule has 0 aliphatic carbocycles. The summed E-state index contributed by atoms with van der Waals surface area (Å²) < 4.78 is 0. The van der Waals surface area contributed by atoms with E-state index in [1.54, 1.807) is 18.2 Å². The molecule has 0 fully saturated rings. The zero-order valence-electron chi connectivity index (χ0n) is 7.57. The lowest BCUT2D eigenvalue weighted by Gasteiger charge is -2.04. The topological polar surface area (TPSA) is 101 Å². The maximum atomic E-state index is 5.62. The largest absolute Gasteiger partial charge is 0.397 e. The minimum Gasteiger partial charge on any atom is -0.397 e. The van der Waals surface area contributed by atoms with E-state index in [9.17, 15) is 0 Å². The van der Waals surface area contributed by atoms with Gasteiger partial charge < -0.3 is 11.5 Å². The first-order valence-electron chi connectivity index (χ1n) is 3.72. The summed E-state index contributed by atoms with van der Waals surface area (Å²) in [7, 11) is 0. The average molecular weight is 249 g/mol. The van der Waals surface area contributed by atoms with Gasteiger partial charge in [0.25, 0.3) is 0 Å².